The SMILES string of the molecule is COCC[O][Ge]([O]CCOCCOC(C)=O)[O]CCOCCOC(C)=O. The van der Waals surface area contributed by atoms with Crippen LogP contribution in [0.1, 0.15) is 13.8 Å². The molecule has 11 heteroatoms. The number of carbonyl (C=O) groups excluding carboxylic acids is 2. The van der Waals surface area contributed by atoms with Gasteiger partial charge in [-0.2, -0.15) is 0 Å². The van der Waals surface area contributed by atoms with Crippen molar-refractivity contribution in [2.75, 3.05) is 73.2 Å². The van der Waals surface area contributed by atoms with Crippen LogP contribution in [0.5, 0.6) is 0 Å². The van der Waals surface area contributed by atoms with Gasteiger partial charge in [-0.15, -0.1) is 0 Å². The molecule has 0 rings (SSSR count). The zero-order valence-electron chi connectivity index (χ0n) is 15.7. The van der Waals surface area contributed by atoms with Gasteiger partial charge in [-0.25, -0.2) is 0 Å². The predicted molar refractivity (Wildman–Crippen MR) is 90.4 cm³/mol. The van der Waals surface area contributed by atoms with Crippen molar-refractivity contribution in [1.82, 2.24) is 0 Å². The van der Waals surface area contributed by atoms with Crippen LogP contribution >= 0.6 is 0 Å². The van der Waals surface area contributed by atoms with Crippen molar-refractivity contribution in [3.05, 3.63) is 0 Å². The van der Waals surface area contributed by atoms with E-state index in [0.29, 0.717) is 52.9 Å². The average molecular weight is 442 g/mol. The third kappa shape index (κ3) is 19.6. The van der Waals surface area contributed by atoms with E-state index in [1.54, 1.807) is 7.11 Å². The van der Waals surface area contributed by atoms with E-state index < -0.39 is 15.4 Å². The second-order valence-corrected chi connectivity index (χ2v) is 7.56. The van der Waals surface area contributed by atoms with Crippen LogP contribution in [-0.2, 0) is 44.6 Å². The minimum atomic E-state index is -2.62. The van der Waals surface area contributed by atoms with Crippen molar-refractivity contribution in [1.29, 1.82) is 0 Å². The van der Waals surface area contributed by atoms with Crippen molar-refractivity contribution >= 4 is 27.3 Å². The van der Waals surface area contributed by atoms with Gasteiger partial charge >= 0.3 is 159 Å². The standard InChI is InChI=1S/C15H29GeO10/c1-14(17)22-9-5-20-7-12-25-16(24-11-4-19-3)26-13-8-21-6-10-23-15(2)18/h4-13H2,1-3H3. The zero-order chi connectivity index (χ0) is 19.5. The fraction of sp³-hybridized carbons (Fsp3) is 0.867. The third-order valence-electron chi connectivity index (χ3n) is 2.47. The summed E-state index contributed by atoms with van der Waals surface area (Å²) in [6, 6.07) is 0. The fourth-order valence-electron chi connectivity index (χ4n) is 1.39. The molecule has 0 aliphatic carbocycles. The van der Waals surface area contributed by atoms with Crippen molar-refractivity contribution in [3.8, 4) is 0 Å². The Morgan fingerprint density at radius 2 is 1.00 bits per heavy atom. The van der Waals surface area contributed by atoms with Gasteiger partial charge in [-0.05, 0) is 0 Å². The molecule has 153 valence electrons. The maximum atomic E-state index is 10.6. The molecule has 0 aliphatic rings. The Morgan fingerprint density at radius 1 is 0.615 bits per heavy atom. The topological polar surface area (TPSA) is 108 Å². The summed E-state index contributed by atoms with van der Waals surface area (Å²) < 4.78 is 41.7. The first-order valence-corrected chi connectivity index (χ1v) is 10.8. The molecule has 0 atom stereocenters. The summed E-state index contributed by atoms with van der Waals surface area (Å²) in [4.78, 5) is 21.2. The van der Waals surface area contributed by atoms with Gasteiger partial charge in [0.2, 0.25) is 0 Å². The van der Waals surface area contributed by atoms with E-state index in [9.17, 15) is 9.59 Å². The van der Waals surface area contributed by atoms with E-state index in [-0.39, 0.29) is 25.2 Å². The molecular weight excluding hydrogens is 413 g/mol. The molecule has 0 amide bonds. The van der Waals surface area contributed by atoms with Crippen LogP contribution in [0, 0.1) is 0 Å². The number of esters is 2. The Kier molecular flexibility index (Phi) is 18.5. The van der Waals surface area contributed by atoms with Gasteiger partial charge in [0.1, 0.15) is 0 Å². The molecule has 0 unspecified atom stereocenters. The van der Waals surface area contributed by atoms with Crippen LogP contribution in [0.15, 0.2) is 0 Å². The second-order valence-electron chi connectivity index (χ2n) is 4.69. The summed E-state index contributed by atoms with van der Waals surface area (Å²) >= 11 is -2.62. The molecule has 0 aromatic heterocycles. The summed E-state index contributed by atoms with van der Waals surface area (Å²) in [6.07, 6.45) is 0. The first-order valence-electron chi connectivity index (χ1n) is 8.22. The predicted octanol–water partition coefficient (Wildman–Crippen LogP) is -0.173. The van der Waals surface area contributed by atoms with Gasteiger partial charge in [0.15, 0.2) is 0 Å². The van der Waals surface area contributed by atoms with Crippen LogP contribution in [0.25, 0.3) is 0 Å². The Hall–Kier alpha value is -0.757. The molecule has 0 aliphatic heterocycles. The van der Waals surface area contributed by atoms with Gasteiger partial charge < -0.3 is 0 Å². The molecule has 0 aromatic rings. The van der Waals surface area contributed by atoms with Crippen LogP contribution in [0.2, 0.25) is 0 Å². The van der Waals surface area contributed by atoms with E-state index in [1.807, 2.05) is 0 Å². The molecule has 0 N–H and O–H groups in total. The first kappa shape index (κ1) is 25.2. The Bertz CT molecular complexity index is 327. The van der Waals surface area contributed by atoms with Gasteiger partial charge in [0, 0.05) is 0 Å². The van der Waals surface area contributed by atoms with Crippen molar-refractivity contribution in [2.24, 2.45) is 0 Å². The third-order valence-corrected chi connectivity index (χ3v) is 5.24. The summed E-state index contributed by atoms with van der Waals surface area (Å²) in [6.45, 7) is 5.86. The number of rotatable bonds is 18. The molecule has 0 aromatic carbocycles. The number of hydrogen-bond acceptors (Lipinski definition) is 10. The fourth-order valence-corrected chi connectivity index (χ4v) is 3.49. The van der Waals surface area contributed by atoms with Gasteiger partial charge in [-0.1, -0.05) is 0 Å². The average Bonchev–Trinajstić information content (AvgIpc) is 2.59. The van der Waals surface area contributed by atoms with E-state index in [2.05, 4.69) is 0 Å². The van der Waals surface area contributed by atoms with E-state index >= 15 is 0 Å². The number of carbonyl (C=O) groups is 2. The molecule has 10 nitrogen and oxygen atoms in total. The van der Waals surface area contributed by atoms with E-state index in [4.69, 9.17) is 35.0 Å². The monoisotopic (exact) mass is 443 g/mol. The molecule has 0 heterocycles. The van der Waals surface area contributed by atoms with Gasteiger partial charge in [0.25, 0.3) is 0 Å². The van der Waals surface area contributed by atoms with Crippen molar-refractivity contribution < 1.29 is 44.6 Å². The molecular formula is C15H29GeO10. The summed E-state index contributed by atoms with van der Waals surface area (Å²) in [5, 5.41) is 0. The maximum absolute atomic E-state index is 10.6. The van der Waals surface area contributed by atoms with Gasteiger partial charge in [0.05, 0.1) is 0 Å². The first-order chi connectivity index (χ1) is 12.6. The number of methoxy groups -OCH3 is 1. The van der Waals surface area contributed by atoms with Crippen LogP contribution < -0.4 is 0 Å². The quantitative estimate of drug-likeness (QED) is 0.161. The summed E-state index contributed by atoms with van der Waals surface area (Å²) in [5.41, 5.74) is 0. The van der Waals surface area contributed by atoms with Crippen molar-refractivity contribution in [3.63, 3.8) is 0 Å². The van der Waals surface area contributed by atoms with Gasteiger partial charge in [-0.3, -0.25) is 0 Å². The Morgan fingerprint density at radius 3 is 1.38 bits per heavy atom. The molecule has 1 radical (unpaired) electrons. The second kappa shape index (κ2) is 19.0. The number of hydrogen-bond donors (Lipinski definition) is 0. The number of ether oxygens (including phenoxy) is 5. The summed E-state index contributed by atoms with van der Waals surface area (Å²) in [7, 11) is 1.58. The molecule has 0 saturated heterocycles. The van der Waals surface area contributed by atoms with E-state index in [1.165, 1.54) is 13.8 Å². The molecule has 0 spiro atoms. The zero-order valence-corrected chi connectivity index (χ0v) is 17.8. The van der Waals surface area contributed by atoms with Crippen LogP contribution in [0.4, 0.5) is 0 Å². The van der Waals surface area contributed by atoms with E-state index in [0.717, 1.165) is 0 Å². The normalized spacial score (nSPS) is 10.9. The van der Waals surface area contributed by atoms with Crippen LogP contribution in [-0.4, -0.2) is 100 Å². The van der Waals surface area contributed by atoms with Crippen LogP contribution in [0.3, 0.4) is 0 Å². The minimum absolute atomic E-state index is 0.212. The molecule has 26 heavy (non-hydrogen) atoms. The molecule has 0 fully saturated rings. The van der Waals surface area contributed by atoms with Crippen molar-refractivity contribution in [2.45, 2.75) is 13.8 Å². The Labute approximate surface area is 159 Å². The summed E-state index contributed by atoms with van der Waals surface area (Å²) in [5.74, 6) is -0.678. The molecule has 0 saturated carbocycles. The Balaban J connectivity index is 3.72. The molecule has 0 bridgehead atoms.